The zero-order valence-corrected chi connectivity index (χ0v) is 14.8. The highest BCUT2D eigenvalue weighted by Crippen LogP contribution is 2.24. The number of aryl methyl sites for hydroxylation is 3. The number of aromatic nitrogens is 1. The van der Waals surface area contributed by atoms with E-state index in [4.69, 9.17) is 4.74 Å². The Morgan fingerprint density at radius 1 is 1.33 bits per heavy atom. The van der Waals surface area contributed by atoms with Crippen molar-refractivity contribution in [1.82, 2.24) is 15.6 Å². The Hall–Kier alpha value is -1.98. The third kappa shape index (κ3) is 3.14. The molecule has 24 heavy (non-hydrogen) atoms. The predicted octanol–water partition coefficient (Wildman–Crippen LogP) is 2.27. The summed E-state index contributed by atoms with van der Waals surface area (Å²) in [5, 5.41) is 7.35. The van der Waals surface area contributed by atoms with Crippen LogP contribution in [0.15, 0.2) is 18.2 Å². The molecule has 1 aliphatic heterocycles. The number of benzene rings is 1. The summed E-state index contributed by atoms with van der Waals surface area (Å²) in [5.41, 5.74) is 4.75. The summed E-state index contributed by atoms with van der Waals surface area (Å²) in [6.45, 7) is 7.69. The maximum absolute atomic E-state index is 12.9. The van der Waals surface area contributed by atoms with Gasteiger partial charge < -0.3 is 15.4 Å². The average molecular weight is 327 g/mol. The monoisotopic (exact) mass is 327 g/mol. The van der Waals surface area contributed by atoms with Crippen LogP contribution >= 0.6 is 0 Å². The highest BCUT2D eigenvalue weighted by molar-refractivity contribution is 6.07. The van der Waals surface area contributed by atoms with E-state index >= 15 is 0 Å². The fourth-order valence-corrected chi connectivity index (χ4v) is 3.35. The van der Waals surface area contributed by atoms with E-state index in [1.165, 1.54) is 5.56 Å². The van der Waals surface area contributed by atoms with Gasteiger partial charge in [0.25, 0.3) is 5.91 Å². The first-order chi connectivity index (χ1) is 11.5. The average Bonchev–Trinajstić information content (AvgIpc) is 2.58. The molecular formula is C19H25N3O2. The fourth-order valence-electron chi connectivity index (χ4n) is 3.35. The van der Waals surface area contributed by atoms with Crippen molar-refractivity contribution in [3.8, 4) is 0 Å². The van der Waals surface area contributed by atoms with Gasteiger partial charge in [0.2, 0.25) is 0 Å². The van der Waals surface area contributed by atoms with E-state index in [-0.39, 0.29) is 18.1 Å². The van der Waals surface area contributed by atoms with Gasteiger partial charge in [0.15, 0.2) is 0 Å². The number of amides is 1. The lowest BCUT2D eigenvalue weighted by Gasteiger charge is -2.31. The van der Waals surface area contributed by atoms with Crippen molar-refractivity contribution >= 4 is 16.8 Å². The minimum atomic E-state index is -0.0653. The lowest BCUT2D eigenvalue weighted by molar-refractivity contribution is 0.0448. The second-order valence-corrected chi connectivity index (χ2v) is 6.56. The molecule has 128 valence electrons. The van der Waals surface area contributed by atoms with Crippen LogP contribution in [-0.4, -0.2) is 43.2 Å². The maximum atomic E-state index is 12.9. The van der Waals surface area contributed by atoms with Gasteiger partial charge in [-0.2, -0.15) is 0 Å². The van der Waals surface area contributed by atoms with Gasteiger partial charge in [0, 0.05) is 24.7 Å². The highest BCUT2D eigenvalue weighted by Gasteiger charge is 2.27. The second-order valence-electron chi connectivity index (χ2n) is 6.56. The minimum absolute atomic E-state index is 0.0219. The van der Waals surface area contributed by atoms with Crippen molar-refractivity contribution in [2.24, 2.45) is 0 Å². The van der Waals surface area contributed by atoms with Crippen LogP contribution in [0, 0.1) is 20.8 Å². The molecule has 5 nitrogen and oxygen atoms in total. The van der Waals surface area contributed by atoms with E-state index in [2.05, 4.69) is 29.5 Å². The van der Waals surface area contributed by atoms with Crippen LogP contribution in [0.1, 0.15) is 33.6 Å². The molecule has 0 saturated carbocycles. The summed E-state index contributed by atoms with van der Waals surface area (Å²) in [6.07, 6.45) is 0.948. The number of ether oxygens (including phenoxy) is 1. The first-order valence-electron chi connectivity index (χ1n) is 8.43. The van der Waals surface area contributed by atoms with Crippen molar-refractivity contribution < 1.29 is 9.53 Å². The number of piperidine rings is 1. The number of nitrogens with one attached hydrogen (secondary N) is 2. The number of hydrogen-bond acceptors (Lipinski definition) is 4. The third-order valence-corrected chi connectivity index (χ3v) is 4.92. The number of carbonyl (C=O) groups excluding carboxylic acids is 1. The molecule has 2 heterocycles. The summed E-state index contributed by atoms with van der Waals surface area (Å²) >= 11 is 0. The molecule has 1 aliphatic rings. The third-order valence-electron chi connectivity index (χ3n) is 4.92. The quantitative estimate of drug-likeness (QED) is 0.908. The minimum Gasteiger partial charge on any atom is -0.379 e. The molecule has 1 aromatic carbocycles. The largest absolute Gasteiger partial charge is 0.379 e. The molecule has 2 aromatic rings. The van der Waals surface area contributed by atoms with Crippen molar-refractivity contribution in [2.75, 3.05) is 20.2 Å². The first-order valence-corrected chi connectivity index (χ1v) is 8.43. The zero-order chi connectivity index (χ0) is 17.3. The van der Waals surface area contributed by atoms with E-state index in [1.54, 1.807) is 7.11 Å². The SMILES string of the molecule is CO[C@@H]1CCNC[C@@H]1NC(=O)c1cc(C)nc2c(C)c(C)ccc12. The molecule has 0 spiro atoms. The number of methoxy groups -OCH3 is 1. The molecule has 3 rings (SSSR count). The van der Waals surface area contributed by atoms with Crippen LogP contribution in [0.5, 0.6) is 0 Å². The highest BCUT2D eigenvalue weighted by atomic mass is 16.5. The van der Waals surface area contributed by atoms with Gasteiger partial charge >= 0.3 is 0 Å². The van der Waals surface area contributed by atoms with Crippen molar-refractivity contribution in [1.29, 1.82) is 0 Å². The fraction of sp³-hybridized carbons (Fsp3) is 0.474. The predicted molar refractivity (Wildman–Crippen MR) is 95.5 cm³/mol. The Balaban J connectivity index is 1.96. The Bertz CT molecular complexity index is 773. The lowest BCUT2D eigenvalue weighted by Crippen LogP contribution is -2.54. The number of carbonyl (C=O) groups is 1. The van der Waals surface area contributed by atoms with Gasteiger partial charge in [-0.15, -0.1) is 0 Å². The molecule has 0 bridgehead atoms. The summed E-state index contributed by atoms with van der Waals surface area (Å²) in [7, 11) is 1.70. The van der Waals surface area contributed by atoms with Crippen LogP contribution in [0.4, 0.5) is 0 Å². The Morgan fingerprint density at radius 2 is 2.12 bits per heavy atom. The zero-order valence-electron chi connectivity index (χ0n) is 14.8. The number of fused-ring (bicyclic) bond motifs is 1. The van der Waals surface area contributed by atoms with Gasteiger partial charge in [0.1, 0.15) is 0 Å². The Labute approximate surface area is 142 Å². The molecule has 1 fully saturated rings. The van der Waals surface area contributed by atoms with E-state index in [1.807, 2.05) is 25.1 Å². The van der Waals surface area contributed by atoms with Gasteiger partial charge in [-0.05, 0) is 50.9 Å². The summed E-state index contributed by atoms with van der Waals surface area (Å²) in [6, 6.07) is 5.88. The van der Waals surface area contributed by atoms with Gasteiger partial charge in [-0.25, -0.2) is 0 Å². The second kappa shape index (κ2) is 6.87. The Kier molecular flexibility index (Phi) is 4.83. The molecule has 0 unspecified atom stereocenters. The molecule has 5 heteroatoms. The van der Waals surface area contributed by atoms with Crippen LogP contribution in [0.2, 0.25) is 0 Å². The number of rotatable bonds is 3. The standard InChI is InChI=1S/C19H25N3O2/c1-11-5-6-14-15(9-12(2)21-18(14)13(11)3)19(23)22-16-10-20-8-7-17(16)24-4/h5-6,9,16-17,20H,7-8,10H2,1-4H3,(H,22,23)/t16-,17+/m0/s1. The topological polar surface area (TPSA) is 63.2 Å². The van der Waals surface area contributed by atoms with E-state index in [0.29, 0.717) is 5.56 Å². The molecule has 2 N–H and O–H groups in total. The first kappa shape index (κ1) is 16.9. The van der Waals surface area contributed by atoms with Crippen molar-refractivity contribution in [2.45, 2.75) is 39.3 Å². The number of hydrogen-bond donors (Lipinski definition) is 2. The van der Waals surface area contributed by atoms with Crippen LogP contribution in [0.25, 0.3) is 10.9 Å². The van der Waals surface area contributed by atoms with Gasteiger partial charge in [0.05, 0.1) is 23.2 Å². The summed E-state index contributed by atoms with van der Waals surface area (Å²) in [5.74, 6) is -0.0653. The van der Waals surface area contributed by atoms with Crippen molar-refractivity contribution in [3.05, 3.63) is 40.6 Å². The van der Waals surface area contributed by atoms with Gasteiger partial charge in [-0.1, -0.05) is 12.1 Å². The van der Waals surface area contributed by atoms with E-state index in [0.717, 1.165) is 41.7 Å². The van der Waals surface area contributed by atoms with E-state index < -0.39 is 0 Å². The molecule has 0 radical (unpaired) electrons. The van der Waals surface area contributed by atoms with Crippen LogP contribution in [-0.2, 0) is 4.74 Å². The normalized spacial score (nSPS) is 21.0. The molecule has 1 amide bonds. The summed E-state index contributed by atoms with van der Waals surface area (Å²) in [4.78, 5) is 17.6. The smallest absolute Gasteiger partial charge is 0.252 e. The lowest BCUT2D eigenvalue weighted by atomic mass is 9.99. The molecule has 1 aromatic heterocycles. The molecule has 0 aliphatic carbocycles. The molecule has 2 atom stereocenters. The molecule has 1 saturated heterocycles. The Morgan fingerprint density at radius 3 is 2.88 bits per heavy atom. The van der Waals surface area contributed by atoms with Crippen molar-refractivity contribution in [3.63, 3.8) is 0 Å². The molecular weight excluding hydrogens is 302 g/mol. The van der Waals surface area contributed by atoms with Crippen LogP contribution in [0.3, 0.4) is 0 Å². The van der Waals surface area contributed by atoms with Crippen LogP contribution < -0.4 is 10.6 Å². The van der Waals surface area contributed by atoms with E-state index in [9.17, 15) is 4.79 Å². The number of pyridine rings is 1. The summed E-state index contributed by atoms with van der Waals surface area (Å²) < 4.78 is 5.52. The number of nitrogens with zero attached hydrogens (tertiary/aromatic N) is 1. The van der Waals surface area contributed by atoms with Gasteiger partial charge in [-0.3, -0.25) is 9.78 Å². The maximum Gasteiger partial charge on any atom is 0.252 e.